The SMILES string of the molecule is CNC(=O)CCNC(C)c1cc(F)ccc1O. The lowest BCUT2D eigenvalue weighted by molar-refractivity contribution is -0.120. The van der Waals surface area contributed by atoms with E-state index in [1.54, 1.807) is 14.0 Å². The van der Waals surface area contributed by atoms with Gasteiger partial charge in [0.15, 0.2) is 0 Å². The third-order valence-electron chi connectivity index (χ3n) is 2.54. The van der Waals surface area contributed by atoms with Gasteiger partial charge in [-0.3, -0.25) is 4.79 Å². The number of nitrogens with one attached hydrogen (secondary N) is 2. The van der Waals surface area contributed by atoms with Gasteiger partial charge < -0.3 is 15.7 Å². The molecular weight excluding hydrogens is 223 g/mol. The molecule has 0 aliphatic heterocycles. The molecule has 1 atom stereocenters. The van der Waals surface area contributed by atoms with Crippen LogP contribution in [0.2, 0.25) is 0 Å². The summed E-state index contributed by atoms with van der Waals surface area (Å²) in [5.41, 5.74) is 0.488. The van der Waals surface area contributed by atoms with Gasteiger partial charge in [-0.1, -0.05) is 0 Å². The van der Waals surface area contributed by atoms with E-state index in [0.29, 0.717) is 18.5 Å². The van der Waals surface area contributed by atoms with Crippen molar-refractivity contribution in [3.63, 3.8) is 0 Å². The standard InChI is InChI=1S/C12H17FN2O2/c1-8(15-6-5-12(17)14-2)10-7-9(13)3-4-11(10)16/h3-4,7-8,15-16H,5-6H2,1-2H3,(H,14,17). The summed E-state index contributed by atoms with van der Waals surface area (Å²) in [5, 5.41) is 15.1. The van der Waals surface area contributed by atoms with Crippen molar-refractivity contribution in [1.82, 2.24) is 10.6 Å². The van der Waals surface area contributed by atoms with Gasteiger partial charge in [-0.25, -0.2) is 4.39 Å². The Kier molecular flexibility index (Phi) is 4.90. The summed E-state index contributed by atoms with van der Waals surface area (Å²) in [5.74, 6) is -0.405. The van der Waals surface area contributed by atoms with Gasteiger partial charge in [-0.2, -0.15) is 0 Å². The van der Waals surface area contributed by atoms with Crippen molar-refractivity contribution in [2.75, 3.05) is 13.6 Å². The minimum atomic E-state index is -0.391. The molecule has 0 aromatic heterocycles. The van der Waals surface area contributed by atoms with Gasteiger partial charge in [0, 0.05) is 31.6 Å². The third-order valence-corrected chi connectivity index (χ3v) is 2.54. The fraction of sp³-hybridized carbons (Fsp3) is 0.417. The van der Waals surface area contributed by atoms with Crippen LogP contribution in [-0.2, 0) is 4.79 Å². The van der Waals surface area contributed by atoms with E-state index in [-0.39, 0.29) is 17.7 Å². The molecule has 0 fully saturated rings. The van der Waals surface area contributed by atoms with Crippen LogP contribution in [0.5, 0.6) is 5.75 Å². The van der Waals surface area contributed by atoms with Gasteiger partial charge in [0.1, 0.15) is 11.6 Å². The van der Waals surface area contributed by atoms with Crippen LogP contribution in [0, 0.1) is 5.82 Å². The Morgan fingerprint density at radius 1 is 1.53 bits per heavy atom. The van der Waals surface area contributed by atoms with Crippen molar-refractivity contribution >= 4 is 5.91 Å². The molecule has 5 heteroatoms. The summed E-state index contributed by atoms with van der Waals surface area (Å²) >= 11 is 0. The molecule has 1 aromatic rings. The molecule has 0 aliphatic rings. The minimum Gasteiger partial charge on any atom is -0.508 e. The zero-order valence-electron chi connectivity index (χ0n) is 9.96. The highest BCUT2D eigenvalue weighted by Crippen LogP contribution is 2.24. The Morgan fingerprint density at radius 2 is 2.24 bits per heavy atom. The number of hydrogen-bond donors (Lipinski definition) is 3. The maximum atomic E-state index is 13.0. The van der Waals surface area contributed by atoms with Crippen molar-refractivity contribution in [1.29, 1.82) is 0 Å². The summed E-state index contributed by atoms with van der Waals surface area (Å²) < 4.78 is 13.0. The lowest BCUT2D eigenvalue weighted by Gasteiger charge is -2.15. The second kappa shape index (κ2) is 6.20. The smallest absolute Gasteiger partial charge is 0.221 e. The van der Waals surface area contributed by atoms with Gasteiger partial charge in [0.05, 0.1) is 0 Å². The average molecular weight is 240 g/mol. The molecule has 4 nitrogen and oxygen atoms in total. The molecular formula is C12H17FN2O2. The topological polar surface area (TPSA) is 61.4 Å². The van der Waals surface area contributed by atoms with Gasteiger partial charge >= 0.3 is 0 Å². The Bertz CT molecular complexity index is 396. The maximum absolute atomic E-state index is 13.0. The Labute approximate surface area is 99.8 Å². The first kappa shape index (κ1) is 13.4. The molecule has 1 aromatic carbocycles. The number of phenolic OH excluding ortho intramolecular Hbond substituents is 1. The van der Waals surface area contributed by atoms with Crippen molar-refractivity contribution < 1.29 is 14.3 Å². The third kappa shape index (κ3) is 4.03. The molecule has 0 heterocycles. The molecule has 0 spiro atoms. The Balaban J connectivity index is 2.54. The first-order valence-electron chi connectivity index (χ1n) is 5.47. The molecule has 1 rings (SSSR count). The fourth-order valence-corrected chi connectivity index (χ4v) is 1.51. The maximum Gasteiger partial charge on any atom is 0.221 e. The molecule has 94 valence electrons. The number of carbonyl (C=O) groups excluding carboxylic acids is 1. The van der Waals surface area contributed by atoms with E-state index in [0.717, 1.165) is 0 Å². The van der Waals surface area contributed by atoms with Gasteiger partial charge in [0.25, 0.3) is 0 Å². The number of amides is 1. The van der Waals surface area contributed by atoms with Crippen LogP contribution in [0.1, 0.15) is 24.9 Å². The van der Waals surface area contributed by atoms with E-state index in [4.69, 9.17) is 0 Å². The monoisotopic (exact) mass is 240 g/mol. The van der Waals surface area contributed by atoms with Crippen LogP contribution < -0.4 is 10.6 Å². The molecule has 1 amide bonds. The van der Waals surface area contributed by atoms with E-state index >= 15 is 0 Å². The van der Waals surface area contributed by atoms with Crippen LogP contribution >= 0.6 is 0 Å². The summed E-state index contributed by atoms with van der Waals surface area (Å²) in [7, 11) is 1.57. The zero-order chi connectivity index (χ0) is 12.8. The number of benzene rings is 1. The molecule has 0 aliphatic carbocycles. The lowest BCUT2D eigenvalue weighted by atomic mass is 10.1. The first-order chi connectivity index (χ1) is 8.04. The number of phenols is 1. The highest BCUT2D eigenvalue weighted by molar-refractivity contribution is 5.75. The van der Waals surface area contributed by atoms with Crippen molar-refractivity contribution in [2.24, 2.45) is 0 Å². The molecule has 17 heavy (non-hydrogen) atoms. The van der Waals surface area contributed by atoms with Crippen molar-refractivity contribution in [3.05, 3.63) is 29.6 Å². The number of aromatic hydroxyl groups is 1. The van der Waals surface area contributed by atoms with Gasteiger partial charge in [-0.05, 0) is 25.1 Å². The number of rotatable bonds is 5. The fourth-order valence-electron chi connectivity index (χ4n) is 1.51. The molecule has 0 radical (unpaired) electrons. The largest absolute Gasteiger partial charge is 0.508 e. The second-order valence-electron chi connectivity index (χ2n) is 3.80. The molecule has 0 saturated heterocycles. The first-order valence-corrected chi connectivity index (χ1v) is 5.47. The second-order valence-corrected chi connectivity index (χ2v) is 3.80. The Morgan fingerprint density at radius 3 is 2.88 bits per heavy atom. The summed E-state index contributed by atoms with van der Waals surface area (Å²) in [6.45, 7) is 2.27. The minimum absolute atomic E-state index is 0.0475. The quantitative estimate of drug-likeness (QED) is 0.727. The normalized spacial score (nSPS) is 12.2. The van der Waals surface area contributed by atoms with Crippen molar-refractivity contribution in [3.8, 4) is 5.75 Å². The number of carbonyl (C=O) groups is 1. The summed E-state index contributed by atoms with van der Waals surface area (Å²) in [6, 6.07) is 3.60. The lowest BCUT2D eigenvalue weighted by Crippen LogP contribution is -2.26. The van der Waals surface area contributed by atoms with E-state index in [1.165, 1.54) is 18.2 Å². The molecule has 0 saturated carbocycles. The van der Waals surface area contributed by atoms with Crippen LogP contribution in [0.25, 0.3) is 0 Å². The van der Waals surface area contributed by atoms with Crippen LogP contribution in [-0.4, -0.2) is 24.6 Å². The van der Waals surface area contributed by atoms with Crippen LogP contribution in [0.3, 0.4) is 0 Å². The molecule has 1 unspecified atom stereocenters. The van der Waals surface area contributed by atoms with E-state index in [9.17, 15) is 14.3 Å². The highest BCUT2D eigenvalue weighted by Gasteiger charge is 2.11. The van der Waals surface area contributed by atoms with E-state index in [2.05, 4.69) is 10.6 Å². The average Bonchev–Trinajstić information content (AvgIpc) is 2.31. The number of halogens is 1. The summed E-state index contributed by atoms with van der Waals surface area (Å²) in [6.07, 6.45) is 0.344. The molecule has 0 bridgehead atoms. The van der Waals surface area contributed by atoms with Crippen LogP contribution in [0.4, 0.5) is 4.39 Å². The zero-order valence-corrected chi connectivity index (χ0v) is 9.96. The van der Waals surface area contributed by atoms with E-state index in [1.807, 2.05) is 0 Å². The number of hydrogen-bond acceptors (Lipinski definition) is 3. The summed E-state index contributed by atoms with van der Waals surface area (Å²) in [4.78, 5) is 11.0. The van der Waals surface area contributed by atoms with Gasteiger partial charge in [-0.15, -0.1) is 0 Å². The van der Waals surface area contributed by atoms with E-state index < -0.39 is 5.82 Å². The van der Waals surface area contributed by atoms with Crippen molar-refractivity contribution in [2.45, 2.75) is 19.4 Å². The predicted octanol–water partition coefficient (Wildman–Crippen LogP) is 1.32. The predicted molar refractivity (Wildman–Crippen MR) is 63.2 cm³/mol. The van der Waals surface area contributed by atoms with Crippen LogP contribution in [0.15, 0.2) is 18.2 Å². The Hall–Kier alpha value is -1.62. The molecule has 3 N–H and O–H groups in total. The van der Waals surface area contributed by atoms with Gasteiger partial charge in [0.2, 0.25) is 5.91 Å². The highest BCUT2D eigenvalue weighted by atomic mass is 19.1.